The van der Waals surface area contributed by atoms with Crippen molar-refractivity contribution < 1.29 is 9.59 Å². The Morgan fingerprint density at radius 2 is 2.03 bits per heavy atom. The minimum absolute atomic E-state index is 0.0226. The number of nitrogens with one attached hydrogen (secondary N) is 2. The molecule has 2 aromatic carbocycles. The molecule has 4 rings (SSSR count). The largest absolute Gasteiger partial charge is 0.398 e. The number of benzene rings is 2. The molecule has 166 valence electrons. The Kier molecular flexibility index (Phi) is 5.98. The van der Waals surface area contributed by atoms with Crippen LogP contribution in [0.15, 0.2) is 48.7 Å². The van der Waals surface area contributed by atoms with Crippen molar-refractivity contribution in [2.45, 2.75) is 25.2 Å². The molecule has 0 radical (unpaired) electrons. The number of halogens is 1. The second-order valence-corrected chi connectivity index (χ2v) is 8.53. The monoisotopic (exact) mass is 450 g/mol. The van der Waals surface area contributed by atoms with Crippen molar-refractivity contribution in [3.8, 4) is 0 Å². The molecule has 3 aromatic rings. The van der Waals surface area contributed by atoms with E-state index in [0.29, 0.717) is 24.3 Å². The van der Waals surface area contributed by atoms with Gasteiger partial charge in [0.25, 0.3) is 0 Å². The topological polar surface area (TPSA) is 89.2 Å². The quantitative estimate of drug-likeness (QED) is 0.277. The van der Waals surface area contributed by atoms with Crippen molar-refractivity contribution in [1.29, 1.82) is 0 Å². The number of aryl methyl sites for hydroxylation is 1. The van der Waals surface area contributed by atoms with Crippen LogP contribution in [0.4, 0.5) is 17.1 Å². The second kappa shape index (κ2) is 8.71. The number of fused-ring (bicyclic) bond motifs is 3. The predicted molar refractivity (Wildman–Crippen MR) is 132 cm³/mol. The lowest BCUT2D eigenvalue weighted by molar-refractivity contribution is -0.118. The SMILES string of the molecule is CCCC(=O)Nc1cc(/C=C/C(=O)C2(CCl)CNc3cc(N)c4ccccc4c32)n(C)c1. The molecule has 2 heterocycles. The van der Waals surface area contributed by atoms with Crippen molar-refractivity contribution in [2.24, 2.45) is 7.05 Å². The van der Waals surface area contributed by atoms with Gasteiger partial charge in [-0.3, -0.25) is 9.59 Å². The van der Waals surface area contributed by atoms with E-state index < -0.39 is 5.41 Å². The van der Waals surface area contributed by atoms with Gasteiger partial charge in [-0.15, -0.1) is 11.6 Å². The highest BCUT2D eigenvalue weighted by Crippen LogP contribution is 2.45. The molecule has 0 fully saturated rings. The standard InChI is InChI=1S/C25H27ClN4O2/c1-3-6-23(32)29-16-11-17(30(2)13-16)9-10-22(31)25(14-26)15-28-21-12-20(27)18-7-4-5-8-19(18)24(21)25/h4-5,7-13,28H,3,6,14-15,27H2,1-2H3,(H,29,32)/b10-9+. The van der Waals surface area contributed by atoms with Gasteiger partial charge in [0.2, 0.25) is 5.91 Å². The summed E-state index contributed by atoms with van der Waals surface area (Å²) in [6.45, 7) is 2.37. The summed E-state index contributed by atoms with van der Waals surface area (Å²) in [7, 11) is 1.87. The fourth-order valence-corrected chi connectivity index (χ4v) is 4.73. The maximum absolute atomic E-state index is 13.5. The maximum Gasteiger partial charge on any atom is 0.224 e. The minimum Gasteiger partial charge on any atom is -0.398 e. The Labute approximate surface area is 192 Å². The van der Waals surface area contributed by atoms with Crippen LogP contribution in [0.3, 0.4) is 0 Å². The second-order valence-electron chi connectivity index (χ2n) is 8.26. The normalized spacial score (nSPS) is 17.5. The smallest absolute Gasteiger partial charge is 0.224 e. The summed E-state index contributed by atoms with van der Waals surface area (Å²) < 4.78 is 1.87. The highest BCUT2D eigenvalue weighted by atomic mass is 35.5. The van der Waals surface area contributed by atoms with Crippen LogP contribution in [0.1, 0.15) is 31.0 Å². The first kappa shape index (κ1) is 22.0. The van der Waals surface area contributed by atoms with Gasteiger partial charge in [-0.2, -0.15) is 0 Å². The number of hydrogen-bond donors (Lipinski definition) is 3. The number of allylic oxidation sites excluding steroid dienone is 1. The van der Waals surface area contributed by atoms with Gasteiger partial charge in [-0.1, -0.05) is 31.2 Å². The van der Waals surface area contributed by atoms with Crippen LogP contribution in [0.25, 0.3) is 16.8 Å². The van der Waals surface area contributed by atoms with E-state index in [1.807, 2.05) is 61.1 Å². The van der Waals surface area contributed by atoms with Crippen LogP contribution in [0.5, 0.6) is 0 Å². The van der Waals surface area contributed by atoms with Gasteiger partial charge < -0.3 is 20.9 Å². The van der Waals surface area contributed by atoms with Crippen molar-refractivity contribution in [3.05, 3.63) is 59.9 Å². The van der Waals surface area contributed by atoms with Gasteiger partial charge in [0, 0.05) is 60.1 Å². The number of nitrogen functional groups attached to an aromatic ring is 1. The third-order valence-electron chi connectivity index (χ3n) is 6.05. The first-order valence-electron chi connectivity index (χ1n) is 10.7. The summed E-state index contributed by atoms with van der Waals surface area (Å²) in [5.74, 6) is 0.0484. The van der Waals surface area contributed by atoms with Gasteiger partial charge in [-0.25, -0.2) is 0 Å². The number of aromatic nitrogens is 1. The lowest BCUT2D eigenvalue weighted by Crippen LogP contribution is -2.39. The van der Waals surface area contributed by atoms with Crippen LogP contribution < -0.4 is 16.4 Å². The predicted octanol–water partition coefficient (Wildman–Crippen LogP) is 4.68. The number of ketones is 1. The fraction of sp³-hybridized carbons (Fsp3) is 0.280. The summed E-state index contributed by atoms with van der Waals surface area (Å²) in [6.07, 6.45) is 6.44. The van der Waals surface area contributed by atoms with Gasteiger partial charge in [0.05, 0.1) is 11.1 Å². The van der Waals surface area contributed by atoms with Gasteiger partial charge in [-0.05, 0) is 36.1 Å². The van der Waals surface area contributed by atoms with E-state index in [2.05, 4.69) is 10.6 Å². The summed E-state index contributed by atoms with van der Waals surface area (Å²) in [4.78, 5) is 25.4. The van der Waals surface area contributed by atoms with E-state index in [4.69, 9.17) is 17.3 Å². The molecule has 1 aliphatic heterocycles. The summed E-state index contributed by atoms with van der Waals surface area (Å²) in [5.41, 5.74) is 9.28. The van der Waals surface area contributed by atoms with Gasteiger partial charge >= 0.3 is 0 Å². The number of amides is 1. The molecule has 0 saturated heterocycles. The molecular weight excluding hydrogens is 424 g/mol. The van der Waals surface area contributed by atoms with E-state index in [1.165, 1.54) is 0 Å². The van der Waals surface area contributed by atoms with Crippen LogP contribution in [-0.4, -0.2) is 28.7 Å². The molecule has 1 unspecified atom stereocenters. The molecular formula is C25H27ClN4O2. The van der Waals surface area contributed by atoms with E-state index in [-0.39, 0.29) is 17.6 Å². The molecule has 0 bridgehead atoms. The Morgan fingerprint density at radius 3 is 2.75 bits per heavy atom. The molecule has 0 aliphatic carbocycles. The lowest BCUT2D eigenvalue weighted by atomic mass is 9.77. The molecule has 32 heavy (non-hydrogen) atoms. The molecule has 7 heteroatoms. The number of rotatable bonds is 7. The zero-order valence-electron chi connectivity index (χ0n) is 18.2. The van der Waals surface area contributed by atoms with Gasteiger partial charge in [0.1, 0.15) is 0 Å². The van der Waals surface area contributed by atoms with E-state index >= 15 is 0 Å². The Balaban J connectivity index is 1.66. The number of carbonyl (C=O) groups excluding carboxylic acids is 2. The summed E-state index contributed by atoms with van der Waals surface area (Å²) >= 11 is 6.45. The third kappa shape index (κ3) is 3.75. The number of nitrogens with zero attached hydrogens (tertiary/aromatic N) is 1. The maximum atomic E-state index is 13.5. The fourth-order valence-electron chi connectivity index (χ4n) is 4.37. The molecule has 6 nitrogen and oxygen atoms in total. The summed E-state index contributed by atoms with van der Waals surface area (Å²) in [6, 6.07) is 11.5. The zero-order chi connectivity index (χ0) is 22.9. The number of carbonyl (C=O) groups is 2. The average molecular weight is 451 g/mol. The van der Waals surface area contributed by atoms with Crippen molar-refractivity contribution in [2.75, 3.05) is 28.8 Å². The van der Waals surface area contributed by atoms with Crippen molar-refractivity contribution in [3.63, 3.8) is 0 Å². The molecule has 1 aromatic heterocycles. The van der Waals surface area contributed by atoms with Crippen LogP contribution in [0, 0.1) is 0 Å². The minimum atomic E-state index is -0.885. The van der Waals surface area contributed by atoms with E-state index in [1.54, 1.807) is 12.2 Å². The first-order chi connectivity index (χ1) is 15.4. The van der Waals surface area contributed by atoms with Crippen LogP contribution in [-0.2, 0) is 22.1 Å². The first-order valence-corrected chi connectivity index (χ1v) is 11.2. The molecule has 1 atom stereocenters. The molecule has 0 spiro atoms. The average Bonchev–Trinajstić information content (AvgIpc) is 3.32. The van der Waals surface area contributed by atoms with E-state index in [9.17, 15) is 9.59 Å². The Morgan fingerprint density at radius 1 is 1.28 bits per heavy atom. The number of alkyl halides is 1. The number of nitrogens with two attached hydrogens (primary N) is 1. The number of anilines is 3. The van der Waals surface area contributed by atoms with Crippen molar-refractivity contribution >= 4 is 57.2 Å². The van der Waals surface area contributed by atoms with E-state index in [0.717, 1.165) is 34.1 Å². The molecule has 4 N–H and O–H groups in total. The molecule has 0 saturated carbocycles. The zero-order valence-corrected chi connectivity index (χ0v) is 19.0. The van der Waals surface area contributed by atoms with Gasteiger partial charge in [0.15, 0.2) is 5.78 Å². The van der Waals surface area contributed by atoms with Crippen LogP contribution in [0.2, 0.25) is 0 Å². The Bertz CT molecular complexity index is 1230. The molecule has 1 aliphatic rings. The highest BCUT2D eigenvalue weighted by molar-refractivity contribution is 6.23. The third-order valence-corrected chi connectivity index (χ3v) is 6.50. The molecule has 1 amide bonds. The number of hydrogen-bond acceptors (Lipinski definition) is 4. The summed E-state index contributed by atoms with van der Waals surface area (Å²) in [5, 5.41) is 8.07. The Hall–Kier alpha value is -3.25. The highest BCUT2D eigenvalue weighted by Gasteiger charge is 2.45. The van der Waals surface area contributed by atoms with Crippen LogP contribution >= 0.6 is 11.6 Å². The lowest BCUT2D eigenvalue weighted by Gasteiger charge is -2.25. The van der Waals surface area contributed by atoms with Crippen molar-refractivity contribution in [1.82, 2.24) is 4.57 Å².